The maximum atomic E-state index is 13.4. The molecule has 2 rings (SSSR count). The highest BCUT2D eigenvalue weighted by Crippen LogP contribution is 2.32. The van der Waals surface area contributed by atoms with Gasteiger partial charge in [0.25, 0.3) is 0 Å². The van der Waals surface area contributed by atoms with Crippen LogP contribution in [-0.4, -0.2) is 7.11 Å². The Kier molecular flexibility index (Phi) is 4.60. The molecule has 0 spiro atoms. The van der Waals surface area contributed by atoms with Gasteiger partial charge in [-0.05, 0) is 42.0 Å². The molecule has 0 heterocycles. The van der Waals surface area contributed by atoms with Crippen LogP contribution in [0.2, 0.25) is 0 Å². The molecule has 0 aliphatic carbocycles. The fourth-order valence-corrected chi connectivity index (χ4v) is 2.74. The first-order valence-electron chi connectivity index (χ1n) is 5.56. The molecular formula is C14H12Br2FNO. The Labute approximate surface area is 128 Å². The molecule has 2 aromatic carbocycles. The van der Waals surface area contributed by atoms with Crippen molar-refractivity contribution in [2.45, 2.75) is 6.04 Å². The number of methoxy groups -OCH3 is 1. The lowest BCUT2D eigenvalue weighted by Gasteiger charge is -2.17. The summed E-state index contributed by atoms with van der Waals surface area (Å²) in [5.74, 6) is 0.352. The first-order valence-corrected chi connectivity index (χ1v) is 7.15. The van der Waals surface area contributed by atoms with E-state index in [4.69, 9.17) is 10.5 Å². The Hall–Kier alpha value is -0.910. The van der Waals surface area contributed by atoms with Gasteiger partial charge in [-0.3, -0.25) is 0 Å². The molecule has 19 heavy (non-hydrogen) atoms. The van der Waals surface area contributed by atoms with E-state index >= 15 is 0 Å². The fourth-order valence-electron chi connectivity index (χ4n) is 1.88. The van der Waals surface area contributed by atoms with Crippen LogP contribution < -0.4 is 10.5 Å². The minimum atomic E-state index is -0.459. The van der Waals surface area contributed by atoms with Gasteiger partial charge in [0.05, 0.1) is 13.2 Å². The molecule has 0 aliphatic rings. The molecular weight excluding hydrogens is 377 g/mol. The van der Waals surface area contributed by atoms with Crippen molar-refractivity contribution in [3.63, 3.8) is 0 Å². The second kappa shape index (κ2) is 6.03. The summed E-state index contributed by atoms with van der Waals surface area (Å²) in [7, 11) is 1.58. The van der Waals surface area contributed by atoms with Crippen molar-refractivity contribution in [1.29, 1.82) is 0 Å². The molecule has 1 atom stereocenters. The Morgan fingerprint density at radius 1 is 1.11 bits per heavy atom. The first kappa shape index (κ1) is 14.5. The molecule has 0 aromatic heterocycles. The number of ether oxygens (including phenoxy) is 1. The monoisotopic (exact) mass is 387 g/mol. The first-order chi connectivity index (χ1) is 9.01. The van der Waals surface area contributed by atoms with Crippen molar-refractivity contribution in [2.75, 3.05) is 7.11 Å². The second-order valence-corrected chi connectivity index (χ2v) is 5.90. The average Bonchev–Trinajstić information content (AvgIpc) is 2.36. The topological polar surface area (TPSA) is 35.2 Å². The normalized spacial score (nSPS) is 12.3. The molecule has 1 unspecified atom stereocenters. The van der Waals surface area contributed by atoms with E-state index in [-0.39, 0.29) is 5.82 Å². The van der Waals surface area contributed by atoms with Gasteiger partial charge in [-0.2, -0.15) is 0 Å². The molecule has 2 nitrogen and oxygen atoms in total. The molecule has 2 aromatic rings. The SMILES string of the molecule is COc1ccc(Br)cc1C(N)c1cc(F)cc(Br)c1. The number of rotatable bonds is 3. The summed E-state index contributed by atoms with van der Waals surface area (Å²) in [4.78, 5) is 0. The van der Waals surface area contributed by atoms with Gasteiger partial charge < -0.3 is 10.5 Å². The van der Waals surface area contributed by atoms with Gasteiger partial charge in [-0.1, -0.05) is 31.9 Å². The molecule has 0 saturated carbocycles. The standard InChI is InChI=1S/C14H12Br2FNO/c1-19-13-3-2-9(15)7-12(13)14(18)8-4-10(16)6-11(17)5-8/h2-7,14H,18H2,1H3. The van der Waals surface area contributed by atoms with Crippen molar-refractivity contribution in [3.8, 4) is 5.75 Å². The lowest BCUT2D eigenvalue weighted by molar-refractivity contribution is 0.407. The molecule has 0 aliphatic heterocycles. The predicted molar refractivity (Wildman–Crippen MR) is 80.8 cm³/mol. The van der Waals surface area contributed by atoms with Crippen LogP contribution in [0.3, 0.4) is 0 Å². The number of benzene rings is 2. The summed E-state index contributed by atoms with van der Waals surface area (Å²) in [6.45, 7) is 0. The molecule has 0 amide bonds. The van der Waals surface area contributed by atoms with Gasteiger partial charge in [-0.25, -0.2) is 4.39 Å². The van der Waals surface area contributed by atoms with E-state index in [1.807, 2.05) is 18.2 Å². The zero-order valence-corrected chi connectivity index (χ0v) is 13.3. The highest BCUT2D eigenvalue weighted by atomic mass is 79.9. The molecule has 5 heteroatoms. The fraction of sp³-hybridized carbons (Fsp3) is 0.143. The van der Waals surface area contributed by atoms with Gasteiger partial charge in [0.1, 0.15) is 11.6 Å². The van der Waals surface area contributed by atoms with E-state index in [1.54, 1.807) is 13.2 Å². The molecule has 2 N–H and O–H groups in total. The third-order valence-corrected chi connectivity index (χ3v) is 3.72. The predicted octanol–water partition coefficient (Wildman–Crippen LogP) is 4.41. The lowest BCUT2D eigenvalue weighted by atomic mass is 9.99. The molecule has 100 valence electrons. The van der Waals surface area contributed by atoms with E-state index in [2.05, 4.69) is 31.9 Å². The quantitative estimate of drug-likeness (QED) is 0.845. The lowest BCUT2D eigenvalue weighted by Crippen LogP contribution is -2.13. The maximum Gasteiger partial charge on any atom is 0.124 e. The van der Waals surface area contributed by atoms with Crippen LogP contribution in [0.5, 0.6) is 5.75 Å². The Bertz CT molecular complexity index is 584. The van der Waals surface area contributed by atoms with Gasteiger partial charge in [0, 0.05) is 14.5 Å². The summed E-state index contributed by atoms with van der Waals surface area (Å²) in [6, 6.07) is 9.74. The third kappa shape index (κ3) is 3.35. The van der Waals surface area contributed by atoms with Crippen LogP contribution in [0, 0.1) is 5.82 Å². The number of nitrogens with two attached hydrogens (primary N) is 1. The molecule has 0 bridgehead atoms. The molecule has 0 fully saturated rings. The third-order valence-electron chi connectivity index (χ3n) is 2.77. The van der Waals surface area contributed by atoms with Gasteiger partial charge in [0.15, 0.2) is 0 Å². The zero-order valence-electron chi connectivity index (χ0n) is 10.2. The number of hydrogen-bond acceptors (Lipinski definition) is 2. The van der Waals surface area contributed by atoms with Crippen LogP contribution in [0.15, 0.2) is 45.3 Å². The Morgan fingerprint density at radius 3 is 2.47 bits per heavy atom. The van der Waals surface area contributed by atoms with Crippen molar-refractivity contribution in [3.05, 3.63) is 62.3 Å². The second-order valence-electron chi connectivity index (χ2n) is 4.07. The highest BCUT2D eigenvalue weighted by Gasteiger charge is 2.15. The Balaban J connectivity index is 2.48. The summed E-state index contributed by atoms with van der Waals surface area (Å²) >= 11 is 6.67. The van der Waals surface area contributed by atoms with Crippen LogP contribution >= 0.6 is 31.9 Å². The zero-order chi connectivity index (χ0) is 14.0. The van der Waals surface area contributed by atoms with E-state index in [1.165, 1.54) is 12.1 Å². The minimum Gasteiger partial charge on any atom is -0.496 e. The molecule has 0 radical (unpaired) electrons. The summed E-state index contributed by atoms with van der Waals surface area (Å²) in [6.07, 6.45) is 0. The summed E-state index contributed by atoms with van der Waals surface area (Å²) in [5.41, 5.74) is 7.69. The van der Waals surface area contributed by atoms with Crippen LogP contribution in [0.4, 0.5) is 4.39 Å². The van der Waals surface area contributed by atoms with Gasteiger partial charge in [-0.15, -0.1) is 0 Å². The van der Waals surface area contributed by atoms with E-state index < -0.39 is 6.04 Å². The van der Waals surface area contributed by atoms with Crippen molar-refractivity contribution >= 4 is 31.9 Å². The van der Waals surface area contributed by atoms with Crippen molar-refractivity contribution < 1.29 is 9.13 Å². The van der Waals surface area contributed by atoms with Crippen molar-refractivity contribution in [1.82, 2.24) is 0 Å². The maximum absolute atomic E-state index is 13.4. The molecule has 0 saturated heterocycles. The van der Waals surface area contributed by atoms with Crippen molar-refractivity contribution in [2.24, 2.45) is 5.73 Å². The number of hydrogen-bond donors (Lipinski definition) is 1. The summed E-state index contributed by atoms with van der Waals surface area (Å²) < 4.78 is 20.3. The average molecular weight is 389 g/mol. The number of halogens is 3. The van der Waals surface area contributed by atoms with E-state index in [0.29, 0.717) is 15.8 Å². The van der Waals surface area contributed by atoms with E-state index in [9.17, 15) is 4.39 Å². The van der Waals surface area contributed by atoms with E-state index in [0.717, 1.165) is 10.0 Å². The largest absolute Gasteiger partial charge is 0.496 e. The van der Waals surface area contributed by atoms with Crippen LogP contribution in [-0.2, 0) is 0 Å². The minimum absolute atomic E-state index is 0.325. The Morgan fingerprint density at radius 2 is 1.84 bits per heavy atom. The van der Waals surface area contributed by atoms with Gasteiger partial charge >= 0.3 is 0 Å². The highest BCUT2D eigenvalue weighted by molar-refractivity contribution is 9.10. The summed E-state index contributed by atoms with van der Waals surface area (Å²) in [5, 5.41) is 0. The smallest absolute Gasteiger partial charge is 0.124 e. The van der Waals surface area contributed by atoms with Crippen LogP contribution in [0.1, 0.15) is 17.2 Å². The van der Waals surface area contributed by atoms with Gasteiger partial charge in [0.2, 0.25) is 0 Å². The van der Waals surface area contributed by atoms with Crippen LogP contribution in [0.25, 0.3) is 0 Å².